The second-order valence-electron chi connectivity index (χ2n) is 5.78. The average molecular weight is 277 g/mol. The van der Waals surface area contributed by atoms with Gasteiger partial charge >= 0.3 is 0 Å². The normalized spacial score (nSPS) is 18.7. The minimum Gasteiger partial charge on any atom is -0.493 e. The Bertz CT molecular complexity index is 466. The molecule has 110 valence electrons. The SMILES string of the molecule is CCC1(CNCc2cc(OC)c3c(c2)OCCO3)CC1. The van der Waals surface area contributed by atoms with Crippen molar-refractivity contribution in [3.8, 4) is 17.2 Å². The summed E-state index contributed by atoms with van der Waals surface area (Å²) in [6.07, 6.45) is 3.99. The smallest absolute Gasteiger partial charge is 0.203 e. The van der Waals surface area contributed by atoms with Gasteiger partial charge in [0.2, 0.25) is 5.75 Å². The van der Waals surface area contributed by atoms with Crippen molar-refractivity contribution in [3.63, 3.8) is 0 Å². The second-order valence-corrected chi connectivity index (χ2v) is 5.78. The Balaban J connectivity index is 1.67. The summed E-state index contributed by atoms with van der Waals surface area (Å²) in [5.74, 6) is 2.29. The number of fused-ring (bicyclic) bond motifs is 1. The molecule has 0 radical (unpaired) electrons. The fourth-order valence-corrected chi connectivity index (χ4v) is 2.73. The Kier molecular flexibility index (Phi) is 3.74. The van der Waals surface area contributed by atoms with E-state index in [1.54, 1.807) is 7.11 Å². The van der Waals surface area contributed by atoms with Crippen molar-refractivity contribution in [1.82, 2.24) is 5.32 Å². The topological polar surface area (TPSA) is 39.7 Å². The summed E-state index contributed by atoms with van der Waals surface area (Å²) in [5.41, 5.74) is 1.75. The molecule has 1 aliphatic carbocycles. The van der Waals surface area contributed by atoms with Gasteiger partial charge in [0.25, 0.3) is 0 Å². The molecule has 4 heteroatoms. The lowest BCUT2D eigenvalue weighted by molar-refractivity contribution is 0.165. The first-order chi connectivity index (χ1) is 9.76. The zero-order chi connectivity index (χ0) is 14.0. The molecule has 0 unspecified atom stereocenters. The molecule has 20 heavy (non-hydrogen) atoms. The van der Waals surface area contributed by atoms with Gasteiger partial charge in [-0.1, -0.05) is 6.92 Å². The lowest BCUT2D eigenvalue weighted by atomic mass is 10.0. The van der Waals surface area contributed by atoms with Crippen molar-refractivity contribution in [2.24, 2.45) is 5.41 Å². The molecule has 1 aromatic rings. The van der Waals surface area contributed by atoms with Gasteiger partial charge in [0, 0.05) is 13.1 Å². The van der Waals surface area contributed by atoms with Crippen LogP contribution in [0.4, 0.5) is 0 Å². The largest absolute Gasteiger partial charge is 0.493 e. The molecule has 3 rings (SSSR count). The Morgan fingerprint density at radius 2 is 2.05 bits per heavy atom. The third-order valence-corrected chi connectivity index (χ3v) is 4.42. The maximum Gasteiger partial charge on any atom is 0.203 e. The maximum atomic E-state index is 5.65. The molecule has 1 N–H and O–H groups in total. The quantitative estimate of drug-likeness (QED) is 0.868. The minimum absolute atomic E-state index is 0.567. The van der Waals surface area contributed by atoms with Crippen LogP contribution in [-0.2, 0) is 6.54 Å². The fraction of sp³-hybridized carbons (Fsp3) is 0.625. The molecule has 4 nitrogen and oxygen atoms in total. The Morgan fingerprint density at radius 3 is 2.75 bits per heavy atom. The van der Waals surface area contributed by atoms with E-state index in [1.807, 2.05) is 6.07 Å². The second kappa shape index (κ2) is 5.52. The van der Waals surface area contributed by atoms with Gasteiger partial charge in [-0.3, -0.25) is 0 Å². The van der Waals surface area contributed by atoms with E-state index in [9.17, 15) is 0 Å². The van der Waals surface area contributed by atoms with Crippen molar-refractivity contribution in [3.05, 3.63) is 17.7 Å². The van der Waals surface area contributed by atoms with Crippen LogP contribution in [0.25, 0.3) is 0 Å². The number of hydrogen-bond donors (Lipinski definition) is 1. The zero-order valence-electron chi connectivity index (χ0n) is 12.3. The highest BCUT2D eigenvalue weighted by Gasteiger charge is 2.39. The Labute approximate surface area is 120 Å². The van der Waals surface area contributed by atoms with Crippen molar-refractivity contribution in [2.45, 2.75) is 32.7 Å². The summed E-state index contributed by atoms with van der Waals surface area (Å²) in [6.45, 7) is 5.41. The van der Waals surface area contributed by atoms with E-state index >= 15 is 0 Å². The summed E-state index contributed by atoms with van der Waals surface area (Å²) < 4.78 is 16.7. The summed E-state index contributed by atoms with van der Waals surface area (Å²) in [5, 5.41) is 3.56. The lowest BCUT2D eigenvalue weighted by Gasteiger charge is -2.22. The Hall–Kier alpha value is -1.42. The van der Waals surface area contributed by atoms with Crippen LogP contribution in [0.15, 0.2) is 12.1 Å². The van der Waals surface area contributed by atoms with E-state index in [2.05, 4.69) is 18.3 Å². The number of hydrogen-bond acceptors (Lipinski definition) is 4. The first-order valence-electron chi connectivity index (χ1n) is 7.43. The highest BCUT2D eigenvalue weighted by molar-refractivity contribution is 5.54. The predicted molar refractivity (Wildman–Crippen MR) is 77.6 cm³/mol. The van der Waals surface area contributed by atoms with E-state index in [0.717, 1.165) is 30.3 Å². The van der Waals surface area contributed by atoms with Crippen LogP contribution < -0.4 is 19.5 Å². The first-order valence-corrected chi connectivity index (χ1v) is 7.43. The molecule has 0 spiro atoms. The molecule has 0 aromatic heterocycles. The standard InChI is InChI=1S/C16H23NO3/c1-3-16(4-5-16)11-17-10-12-8-13(18-2)15-14(9-12)19-6-7-20-15/h8-9,17H,3-7,10-11H2,1-2H3. The highest BCUT2D eigenvalue weighted by Crippen LogP contribution is 2.48. The van der Waals surface area contributed by atoms with Gasteiger partial charge < -0.3 is 19.5 Å². The van der Waals surface area contributed by atoms with Crippen molar-refractivity contribution >= 4 is 0 Å². The third kappa shape index (κ3) is 2.70. The highest BCUT2D eigenvalue weighted by atomic mass is 16.6. The summed E-state index contributed by atoms with van der Waals surface area (Å²) >= 11 is 0. The van der Waals surface area contributed by atoms with Gasteiger partial charge in [-0.2, -0.15) is 0 Å². The van der Waals surface area contributed by atoms with Gasteiger partial charge in [0.1, 0.15) is 13.2 Å². The Morgan fingerprint density at radius 1 is 1.25 bits per heavy atom. The number of rotatable bonds is 6. The van der Waals surface area contributed by atoms with Crippen LogP contribution in [0.2, 0.25) is 0 Å². The molecule has 1 heterocycles. The molecule has 0 saturated heterocycles. The summed E-state index contributed by atoms with van der Waals surface area (Å²) in [6, 6.07) is 4.08. The number of ether oxygens (including phenoxy) is 3. The molecule has 1 fully saturated rings. The number of methoxy groups -OCH3 is 1. The minimum atomic E-state index is 0.567. The summed E-state index contributed by atoms with van der Waals surface area (Å²) in [7, 11) is 1.67. The number of benzene rings is 1. The van der Waals surface area contributed by atoms with Crippen LogP contribution in [-0.4, -0.2) is 26.9 Å². The van der Waals surface area contributed by atoms with Crippen LogP contribution in [0, 0.1) is 5.41 Å². The fourth-order valence-electron chi connectivity index (χ4n) is 2.73. The van der Waals surface area contributed by atoms with Crippen molar-refractivity contribution < 1.29 is 14.2 Å². The first kappa shape index (κ1) is 13.6. The molecule has 1 saturated carbocycles. The molecule has 0 atom stereocenters. The van der Waals surface area contributed by atoms with Crippen LogP contribution in [0.1, 0.15) is 31.7 Å². The maximum absolute atomic E-state index is 5.65. The molecule has 2 aliphatic rings. The van der Waals surface area contributed by atoms with Gasteiger partial charge in [0.05, 0.1) is 7.11 Å². The van der Waals surface area contributed by atoms with Gasteiger partial charge in [-0.25, -0.2) is 0 Å². The zero-order valence-corrected chi connectivity index (χ0v) is 12.3. The van der Waals surface area contributed by atoms with E-state index < -0.39 is 0 Å². The predicted octanol–water partition coefficient (Wildman–Crippen LogP) is 2.75. The lowest BCUT2D eigenvalue weighted by Crippen LogP contribution is -2.23. The molecule has 1 aliphatic heterocycles. The average Bonchev–Trinajstić information content (AvgIpc) is 3.27. The molecular formula is C16H23NO3. The molecule has 0 bridgehead atoms. The van der Waals surface area contributed by atoms with E-state index in [4.69, 9.17) is 14.2 Å². The van der Waals surface area contributed by atoms with E-state index in [0.29, 0.717) is 18.6 Å². The van der Waals surface area contributed by atoms with Gasteiger partial charge in [0.15, 0.2) is 11.5 Å². The van der Waals surface area contributed by atoms with Crippen LogP contribution >= 0.6 is 0 Å². The van der Waals surface area contributed by atoms with Crippen LogP contribution in [0.5, 0.6) is 17.2 Å². The van der Waals surface area contributed by atoms with Gasteiger partial charge in [-0.05, 0) is 42.4 Å². The molecule has 0 amide bonds. The molecular weight excluding hydrogens is 254 g/mol. The van der Waals surface area contributed by atoms with Crippen molar-refractivity contribution in [1.29, 1.82) is 0 Å². The third-order valence-electron chi connectivity index (χ3n) is 4.42. The van der Waals surface area contributed by atoms with Crippen molar-refractivity contribution in [2.75, 3.05) is 26.9 Å². The monoisotopic (exact) mass is 277 g/mol. The summed E-state index contributed by atoms with van der Waals surface area (Å²) in [4.78, 5) is 0. The number of nitrogens with one attached hydrogen (secondary N) is 1. The van der Waals surface area contributed by atoms with Crippen LogP contribution in [0.3, 0.4) is 0 Å². The van der Waals surface area contributed by atoms with E-state index in [-0.39, 0.29) is 0 Å². The molecule has 1 aromatic carbocycles. The van der Waals surface area contributed by atoms with Gasteiger partial charge in [-0.15, -0.1) is 0 Å². The van der Waals surface area contributed by atoms with E-state index in [1.165, 1.54) is 24.8 Å².